The Kier molecular flexibility index (Phi) is 4.49. The number of hydrogen-bond donors (Lipinski definition) is 1. The number of rotatable bonds is 5. The third kappa shape index (κ3) is 3.30. The highest BCUT2D eigenvalue weighted by atomic mass is 16.5. The van der Waals surface area contributed by atoms with Gasteiger partial charge in [0.05, 0.1) is 6.42 Å². The van der Waals surface area contributed by atoms with Crippen LogP contribution in [0.15, 0.2) is 24.3 Å². The van der Waals surface area contributed by atoms with Crippen LogP contribution in [-0.4, -0.2) is 36.5 Å². The number of amides is 1. The van der Waals surface area contributed by atoms with Gasteiger partial charge in [-0.1, -0.05) is 12.1 Å². The van der Waals surface area contributed by atoms with E-state index in [9.17, 15) is 4.79 Å². The van der Waals surface area contributed by atoms with E-state index in [0.29, 0.717) is 31.5 Å². The van der Waals surface area contributed by atoms with Crippen LogP contribution in [0.2, 0.25) is 0 Å². The van der Waals surface area contributed by atoms with E-state index in [1.165, 1.54) is 32.1 Å². The molecule has 2 saturated heterocycles. The average molecular weight is 328 g/mol. The molecule has 1 aromatic carbocycles. The molecule has 2 heterocycles. The highest BCUT2D eigenvalue weighted by Gasteiger charge is 2.43. The van der Waals surface area contributed by atoms with E-state index in [-0.39, 0.29) is 0 Å². The molecule has 4 bridgehead atoms. The Morgan fingerprint density at radius 3 is 2.38 bits per heavy atom. The van der Waals surface area contributed by atoms with Gasteiger partial charge in [-0.05, 0) is 67.6 Å². The second-order valence-electron chi connectivity index (χ2n) is 7.93. The number of carbonyl (C=O) groups excluding carboxylic acids is 1. The van der Waals surface area contributed by atoms with E-state index < -0.39 is 0 Å². The van der Waals surface area contributed by atoms with Crippen LogP contribution >= 0.6 is 0 Å². The van der Waals surface area contributed by atoms with Gasteiger partial charge in [0.2, 0.25) is 5.91 Å². The van der Waals surface area contributed by atoms with Crippen LogP contribution in [0.5, 0.6) is 5.75 Å². The fourth-order valence-electron chi connectivity index (χ4n) is 5.25. The first kappa shape index (κ1) is 15.9. The molecule has 2 saturated carbocycles. The summed E-state index contributed by atoms with van der Waals surface area (Å²) in [7, 11) is 0. The Balaban J connectivity index is 1.40. The first-order chi connectivity index (χ1) is 11.7. The lowest BCUT2D eigenvalue weighted by Gasteiger charge is -2.39. The predicted molar refractivity (Wildman–Crippen MR) is 93.8 cm³/mol. The van der Waals surface area contributed by atoms with Crippen molar-refractivity contribution in [3.63, 3.8) is 0 Å². The molecule has 2 unspecified atom stereocenters. The van der Waals surface area contributed by atoms with Gasteiger partial charge in [0.15, 0.2) is 0 Å². The van der Waals surface area contributed by atoms with Gasteiger partial charge >= 0.3 is 0 Å². The molecule has 2 atom stereocenters. The topological polar surface area (TPSA) is 55.6 Å². The minimum absolute atomic E-state index is 0.309. The third-order valence-corrected chi connectivity index (χ3v) is 6.09. The summed E-state index contributed by atoms with van der Waals surface area (Å²) in [5.74, 6) is 3.64. The lowest BCUT2D eigenvalue weighted by atomic mass is 9.68. The third-order valence-electron chi connectivity index (χ3n) is 6.09. The van der Waals surface area contributed by atoms with E-state index in [0.717, 1.165) is 35.6 Å². The van der Waals surface area contributed by atoms with Gasteiger partial charge in [0.25, 0.3) is 0 Å². The summed E-state index contributed by atoms with van der Waals surface area (Å²) in [6, 6.07) is 8.39. The summed E-state index contributed by atoms with van der Waals surface area (Å²) in [5, 5.41) is 0. The van der Waals surface area contributed by atoms with Crippen LogP contribution < -0.4 is 10.5 Å². The maximum absolute atomic E-state index is 12.9. The molecule has 1 aromatic rings. The highest BCUT2D eigenvalue weighted by molar-refractivity contribution is 5.79. The van der Waals surface area contributed by atoms with E-state index in [2.05, 4.69) is 4.90 Å². The Labute approximate surface area is 144 Å². The SMILES string of the molecule is NCCOc1ccc(CC(=O)N2CC3CC4CC(C3)CC2C4)cc1. The lowest BCUT2D eigenvalue weighted by molar-refractivity contribution is -0.133. The van der Waals surface area contributed by atoms with Crippen molar-refractivity contribution in [3.8, 4) is 5.75 Å². The number of nitrogens with two attached hydrogens (primary N) is 1. The van der Waals surface area contributed by atoms with E-state index >= 15 is 0 Å². The molecule has 5 rings (SSSR count). The Morgan fingerprint density at radius 1 is 1.04 bits per heavy atom. The molecule has 4 nitrogen and oxygen atoms in total. The van der Waals surface area contributed by atoms with Crippen molar-refractivity contribution in [2.24, 2.45) is 23.5 Å². The molecule has 130 valence electrons. The number of nitrogens with zero attached hydrogens (tertiary/aromatic N) is 1. The monoisotopic (exact) mass is 328 g/mol. The molecule has 4 fully saturated rings. The predicted octanol–water partition coefficient (Wildman–Crippen LogP) is 2.60. The number of benzene rings is 1. The Morgan fingerprint density at radius 2 is 1.71 bits per heavy atom. The molecule has 2 N–H and O–H groups in total. The standard InChI is InChI=1S/C20H28N2O2/c21-5-6-24-19-3-1-14(2-4-19)12-20(23)22-13-17-8-15-7-16(9-17)11-18(22)10-15/h1-4,15-18H,5-13,21H2. The Bertz CT molecular complexity index is 572. The van der Waals surface area contributed by atoms with Crippen molar-refractivity contribution < 1.29 is 9.53 Å². The summed E-state index contributed by atoms with van der Waals surface area (Å²) in [5.41, 5.74) is 6.52. The molecule has 4 heteroatoms. The minimum atomic E-state index is 0.309. The molecule has 0 radical (unpaired) electrons. The number of ether oxygens (including phenoxy) is 1. The smallest absolute Gasteiger partial charge is 0.227 e. The largest absolute Gasteiger partial charge is 0.492 e. The molecular formula is C20H28N2O2. The fourth-order valence-corrected chi connectivity index (χ4v) is 5.25. The number of hydrogen-bond acceptors (Lipinski definition) is 3. The van der Waals surface area contributed by atoms with Crippen LogP contribution in [0, 0.1) is 17.8 Å². The summed E-state index contributed by atoms with van der Waals surface area (Å²) in [4.78, 5) is 15.1. The quantitative estimate of drug-likeness (QED) is 0.904. The first-order valence-corrected chi connectivity index (χ1v) is 9.42. The number of carbonyl (C=O) groups is 1. The van der Waals surface area contributed by atoms with Gasteiger partial charge in [0, 0.05) is 19.1 Å². The van der Waals surface area contributed by atoms with E-state index in [1.54, 1.807) is 0 Å². The summed E-state index contributed by atoms with van der Waals surface area (Å²) in [6.45, 7) is 2.03. The zero-order valence-electron chi connectivity index (χ0n) is 14.3. The van der Waals surface area contributed by atoms with Gasteiger partial charge < -0.3 is 15.4 Å². The van der Waals surface area contributed by atoms with Gasteiger partial charge in [-0.15, -0.1) is 0 Å². The van der Waals surface area contributed by atoms with E-state index in [1.807, 2.05) is 24.3 Å². The van der Waals surface area contributed by atoms with Crippen molar-refractivity contribution in [1.82, 2.24) is 4.90 Å². The molecular weight excluding hydrogens is 300 g/mol. The van der Waals surface area contributed by atoms with Crippen molar-refractivity contribution >= 4 is 5.91 Å². The zero-order valence-corrected chi connectivity index (χ0v) is 14.3. The Hall–Kier alpha value is -1.55. The summed E-state index contributed by atoms with van der Waals surface area (Å²) in [6.07, 6.45) is 7.11. The molecule has 1 amide bonds. The van der Waals surface area contributed by atoms with E-state index in [4.69, 9.17) is 10.5 Å². The molecule has 24 heavy (non-hydrogen) atoms. The number of fused-ring (bicyclic) bond motifs is 1. The second kappa shape index (κ2) is 6.75. The highest BCUT2D eigenvalue weighted by Crippen LogP contribution is 2.47. The normalized spacial score (nSPS) is 31.1. The first-order valence-electron chi connectivity index (χ1n) is 9.42. The van der Waals surface area contributed by atoms with Crippen molar-refractivity contribution in [1.29, 1.82) is 0 Å². The van der Waals surface area contributed by atoms with Crippen LogP contribution in [0.1, 0.15) is 37.7 Å². The van der Waals surface area contributed by atoms with Crippen molar-refractivity contribution in [3.05, 3.63) is 29.8 Å². The minimum Gasteiger partial charge on any atom is -0.492 e. The lowest BCUT2D eigenvalue weighted by Crippen LogP contribution is -2.42. The molecule has 2 aliphatic carbocycles. The maximum atomic E-state index is 12.9. The van der Waals surface area contributed by atoms with Crippen molar-refractivity contribution in [2.45, 2.75) is 44.6 Å². The van der Waals surface area contributed by atoms with Crippen LogP contribution in [0.4, 0.5) is 0 Å². The van der Waals surface area contributed by atoms with Gasteiger partial charge in [0.1, 0.15) is 12.4 Å². The van der Waals surface area contributed by atoms with Crippen LogP contribution in [0.3, 0.4) is 0 Å². The second-order valence-corrected chi connectivity index (χ2v) is 7.93. The van der Waals surface area contributed by atoms with Gasteiger partial charge in [-0.3, -0.25) is 4.79 Å². The molecule has 2 aliphatic heterocycles. The molecule has 4 aliphatic rings. The molecule has 0 aromatic heterocycles. The average Bonchev–Trinajstić information content (AvgIpc) is 2.78. The van der Waals surface area contributed by atoms with Crippen LogP contribution in [0.25, 0.3) is 0 Å². The fraction of sp³-hybridized carbons (Fsp3) is 0.650. The summed E-state index contributed by atoms with van der Waals surface area (Å²) >= 11 is 0. The zero-order chi connectivity index (χ0) is 16.5. The van der Waals surface area contributed by atoms with Crippen molar-refractivity contribution in [2.75, 3.05) is 19.7 Å². The van der Waals surface area contributed by atoms with Gasteiger partial charge in [-0.2, -0.15) is 0 Å². The maximum Gasteiger partial charge on any atom is 0.227 e. The molecule has 0 spiro atoms. The van der Waals surface area contributed by atoms with Crippen LogP contribution in [-0.2, 0) is 11.2 Å². The summed E-state index contributed by atoms with van der Waals surface area (Å²) < 4.78 is 5.50. The van der Waals surface area contributed by atoms with Gasteiger partial charge in [-0.25, -0.2) is 0 Å².